The molecular formula is C5H8ClN3OS. The van der Waals surface area contributed by atoms with Gasteiger partial charge in [0.25, 0.3) is 5.91 Å². The zero-order chi connectivity index (χ0) is 7.56. The molecule has 1 rings (SSSR count). The lowest BCUT2D eigenvalue weighted by Gasteiger charge is -1.89. The molecule has 1 heterocycles. The van der Waals surface area contributed by atoms with E-state index in [0.29, 0.717) is 10.0 Å². The zero-order valence-electron chi connectivity index (χ0n) is 5.83. The number of thiazole rings is 1. The first-order chi connectivity index (χ1) is 4.74. The van der Waals surface area contributed by atoms with Gasteiger partial charge in [0.2, 0.25) is 0 Å². The molecule has 0 aromatic carbocycles. The number of amides is 1. The van der Waals surface area contributed by atoms with Crippen LogP contribution < -0.4 is 11.1 Å². The van der Waals surface area contributed by atoms with Gasteiger partial charge in [0, 0.05) is 7.05 Å². The van der Waals surface area contributed by atoms with Crippen molar-refractivity contribution in [2.45, 2.75) is 0 Å². The molecule has 0 aliphatic carbocycles. The second kappa shape index (κ2) is 4.15. The monoisotopic (exact) mass is 193 g/mol. The predicted octanol–water partition coefficient (Wildman–Crippen LogP) is 0.507. The summed E-state index contributed by atoms with van der Waals surface area (Å²) in [4.78, 5) is 15.1. The molecule has 0 spiro atoms. The van der Waals surface area contributed by atoms with Crippen molar-refractivity contribution < 1.29 is 4.79 Å². The van der Waals surface area contributed by atoms with Gasteiger partial charge in [-0.3, -0.25) is 4.79 Å². The predicted molar refractivity (Wildman–Crippen MR) is 47.2 cm³/mol. The number of rotatable bonds is 1. The summed E-state index contributed by atoms with van der Waals surface area (Å²) in [5.74, 6) is -0.144. The number of nitrogens with two attached hydrogens (primary N) is 1. The van der Waals surface area contributed by atoms with Crippen LogP contribution in [0.3, 0.4) is 0 Å². The lowest BCUT2D eigenvalue weighted by Crippen LogP contribution is -2.16. The fourth-order valence-electron chi connectivity index (χ4n) is 0.516. The molecule has 3 N–H and O–H groups in total. The highest BCUT2D eigenvalue weighted by Gasteiger charge is 2.05. The minimum absolute atomic E-state index is 0. The molecule has 0 fully saturated rings. The molecular weight excluding hydrogens is 186 g/mol. The lowest BCUT2D eigenvalue weighted by atomic mass is 10.5. The average Bonchev–Trinajstić information content (AvgIpc) is 2.34. The summed E-state index contributed by atoms with van der Waals surface area (Å²) in [6.45, 7) is 0. The van der Waals surface area contributed by atoms with Gasteiger partial charge in [-0.1, -0.05) is 11.3 Å². The minimum atomic E-state index is -0.144. The quantitative estimate of drug-likeness (QED) is 0.683. The van der Waals surface area contributed by atoms with Crippen LogP contribution >= 0.6 is 23.7 Å². The molecule has 62 valence electrons. The van der Waals surface area contributed by atoms with Gasteiger partial charge < -0.3 is 11.1 Å². The van der Waals surface area contributed by atoms with Crippen molar-refractivity contribution in [2.75, 3.05) is 12.8 Å². The van der Waals surface area contributed by atoms with Crippen LogP contribution in [-0.2, 0) is 0 Å². The summed E-state index contributed by atoms with van der Waals surface area (Å²) < 4.78 is 0. The first-order valence-electron chi connectivity index (χ1n) is 2.67. The summed E-state index contributed by atoms with van der Waals surface area (Å²) in [5, 5.41) is 2.89. The molecule has 0 radical (unpaired) electrons. The fraction of sp³-hybridized carbons (Fsp3) is 0.200. The van der Waals surface area contributed by atoms with E-state index in [1.54, 1.807) is 7.05 Å². The topological polar surface area (TPSA) is 68.0 Å². The highest BCUT2D eigenvalue weighted by atomic mass is 35.5. The number of carbonyl (C=O) groups is 1. The van der Waals surface area contributed by atoms with Crippen LogP contribution in [0.5, 0.6) is 0 Å². The molecule has 0 saturated carbocycles. The summed E-state index contributed by atoms with van der Waals surface area (Å²) in [7, 11) is 1.57. The van der Waals surface area contributed by atoms with Crippen LogP contribution in [0.15, 0.2) is 6.20 Å². The van der Waals surface area contributed by atoms with Gasteiger partial charge in [-0.05, 0) is 0 Å². The number of carbonyl (C=O) groups excluding carboxylic acids is 1. The van der Waals surface area contributed by atoms with Gasteiger partial charge in [0.05, 0.1) is 6.20 Å². The SMILES string of the molecule is CNC(=O)c1cnc(N)s1.Cl. The average molecular weight is 194 g/mol. The Hall–Kier alpha value is -0.810. The van der Waals surface area contributed by atoms with Crippen LogP contribution in [0.2, 0.25) is 0 Å². The van der Waals surface area contributed by atoms with Crippen molar-refractivity contribution in [1.82, 2.24) is 10.3 Å². The van der Waals surface area contributed by atoms with Crippen LogP contribution in [-0.4, -0.2) is 17.9 Å². The van der Waals surface area contributed by atoms with E-state index in [-0.39, 0.29) is 18.3 Å². The Bertz CT molecular complexity index is 250. The molecule has 0 saturated heterocycles. The Morgan fingerprint density at radius 3 is 2.82 bits per heavy atom. The molecule has 0 aliphatic heterocycles. The number of nitrogens with zero attached hydrogens (tertiary/aromatic N) is 1. The number of hydrogen-bond acceptors (Lipinski definition) is 4. The maximum Gasteiger partial charge on any atom is 0.262 e. The second-order valence-electron chi connectivity index (χ2n) is 1.64. The van der Waals surface area contributed by atoms with E-state index in [2.05, 4.69) is 10.3 Å². The van der Waals surface area contributed by atoms with E-state index >= 15 is 0 Å². The molecule has 0 aliphatic rings. The van der Waals surface area contributed by atoms with Crippen molar-refractivity contribution in [3.05, 3.63) is 11.1 Å². The number of halogens is 1. The highest BCUT2D eigenvalue weighted by molar-refractivity contribution is 7.17. The smallest absolute Gasteiger partial charge is 0.262 e. The Morgan fingerprint density at radius 2 is 2.45 bits per heavy atom. The van der Waals surface area contributed by atoms with Crippen molar-refractivity contribution in [3.8, 4) is 0 Å². The summed E-state index contributed by atoms with van der Waals surface area (Å²) in [5.41, 5.74) is 5.30. The fourth-order valence-corrected chi connectivity index (χ4v) is 1.15. The normalized spacial score (nSPS) is 8.45. The molecule has 0 atom stereocenters. The number of hydrogen-bond donors (Lipinski definition) is 2. The van der Waals surface area contributed by atoms with E-state index < -0.39 is 0 Å². The van der Waals surface area contributed by atoms with Crippen molar-refractivity contribution in [3.63, 3.8) is 0 Å². The Kier molecular flexibility index (Phi) is 3.84. The number of anilines is 1. The van der Waals surface area contributed by atoms with Gasteiger partial charge in [-0.15, -0.1) is 12.4 Å². The maximum absolute atomic E-state index is 10.8. The van der Waals surface area contributed by atoms with E-state index in [1.165, 1.54) is 17.5 Å². The third-order valence-corrected chi connectivity index (χ3v) is 1.80. The first kappa shape index (κ1) is 10.2. The van der Waals surface area contributed by atoms with Crippen LogP contribution in [0.1, 0.15) is 9.67 Å². The van der Waals surface area contributed by atoms with E-state index in [1.807, 2.05) is 0 Å². The highest BCUT2D eigenvalue weighted by Crippen LogP contribution is 2.13. The molecule has 1 aromatic rings. The molecule has 1 aromatic heterocycles. The Balaban J connectivity index is 0.000001000. The minimum Gasteiger partial charge on any atom is -0.375 e. The number of aromatic nitrogens is 1. The lowest BCUT2D eigenvalue weighted by molar-refractivity contribution is 0.0967. The van der Waals surface area contributed by atoms with E-state index in [4.69, 9.17) is 5.73 Å². The zero-order valence-corrected chi connectivity index (χ0v) is 7.46. The van der Waals surface area contributed by atoms with Crippen LogP contribution in [0, 0.1) is 0 Å². The first-order valence-corrected chi connectivity index (χ1v) is 3.49. The van der Waals surface area contributed by atoms with Crippen molar-refractivity contribution >= 4 is 34.8 Å². The maximum atomic E-state index is 10.8. The summed E-state index contributed by atoms with van der Waals surface area (Å²) in [6, 6.07) is 0. The van der Waals surface area contributed by atoms with E-state index in [9.17, 15) is 4.79 Å². The van der Waals surface area contributed by atoms with Gasteiger partial charge in [-0.25, -0.2) is 4.98 Å². The van der Waals surface area contributed by atoms with Gasteiger partial charge in [0.1, 0.15) is 4.88 Å². The van der Waals surface area contributed by atoms with E-state index in [0.717, 1.165) is 0 Å². The summed E-state index contributed by atoms with van der Waals surface area (Å²) in [6.07, 6.45) is 1.46. The number of nitrogen functional groups attached to an aromatic ring is 1. The molecule has 4 nitrogen and oxygen atoms in total. The molecule has 6 heteroatoms. The molecule has 0 unspecified atom stereocenters. The third kappa shape index (κ3) is 2.36. The number of nitrogens with one attached hydrogen (secondary N) is 1. The Labute approximate surface area is 74.2 Å². The standard InChI is InChI=1S/C5H7N3OS.ClH/c1-7-4(9)3-2-8-5(6)10-3;/h2H,1H3,(H2,6,8)(H,7,9);1H. The van der Waals surface area contributed by atoms with Crippen molar-refractivity contribution in [1.29, 1.82) is 0 Å². The Morgan fingerprint density at radius 1 is 1.82 bits per heavy atom. The largest absolute Gasteiger partial charge is 0.375 e. The molecule has 1 amide bonds. The third-order valence-electron chi connectivity index (χ3n) is 0.974. The van der Waals surface area contributed by atoms with Gasteiger partial charge in [0.15, 0.2) is 5.13 Å². The second-order valence-corrected chi connectivity index (χ2v) is 2.70. The van der Waals surface area contributed by atoms with Crippen LogP contribution in [0.4, 0.5) is 5.13 Å². The van der Waals surface area contributed by atoms with Crippen molar-refractivity contribution in [2.24, 2.45) is 0 Å². The van der Waals surface area contributed by atoms with Gasteiger partial charge in [-0.2, -0.15) is 0 Å². The molecule has 0 bridgehead atoms. The van der Waals surface area contributed by atoms with Crippen LogP contribution in [0.25, 0.3) is 0 Å². The molecule has 11 heavy (non-hydrogen) atoms. The summed E-state index contributed by atoms with van der Waals surface area (Å²) >= 11 is 1.18. The van der Waals surface area contributed by atoms with Gasteiger partial charge >= 0.3 is 0 Å².